The quantitative estimate of drug-likeness (QED) is 0.830. The predicted octanol–water partition coefficient (Wildman–Crippen LogP) is 3.35. The minimum Gasteiger partial charge on any atom is -0.483 e. The van der Waals surface area contributed by atoms with E-state index in [9.17, 15) is 4.79 Å². The van der Waals surface area contributed by atoms with Crippen molar-refractivity contribution in [2.45, 2.75) is 25.4 Å². The molecule has 1 heterocycles. The Kier molecular flexibility index (Phi) is 6.29. The lowest BCUT2D eigenvalue weighted by Gasteiger charge is -2.23. The summed E-state index contributed by atoms with van der Waals surface area (Å²) in [6.45, 7) is 0.389. The van der Waals surface area contributed by atoms with Gasteiger partial charge < -0.3 is 10.0 Å². The molecule has 2 aromatic rings. The number of rotatable bonds is 4. The molecule has 1 N–H and O–H groups in total. The van der Waals surface area contributed by atoms with Crippen LogP contribution in [-0.2, 0) is 11.3 Å². The number of carboxylic acid groups (broad SMARTS) is 1. The first kappa shape index (κ1) is 17.1. The first-order valence-electron chi connectivity index (χ1n) is 7.19. The van der Waals surface area contributed by atoms with Gasteiger partial charge in [-0.3, -0.25) is 14.6 Å². The van der Waals surface area contributed by atoms with Gasteiger partial charge >= 0.3 is 0 Å². The van der Waals surface area contributed by atoms with Crippen LogP contribution in [-0.4, -0.2) is 33.4 Å². The number of carbonyl (C=O) groups excluding carboxylic acids is 1. The molecule has 0 saturated heterocycles. The predicted molar refractivity (Wildman–Crippen MR) is 90.0 cm³/mol. The number of hydrogen-bond acceptors (Lipinski definition) is 3. The van der Waals surface area contributed by atoms with Gasteiger partial charge in [0.2, 0.25) is 0 Å². The first-order chi connectivity index (χ1) is 11.2. The molecular formula is C17H17BrN2O3. The van der Waals surface area contributed by atoms with E-state index in [1.807, 2.05) is 29.2 Å². The van der Waals surface area contributed by atoms with Crippen LogP contribution in [0.25, 0.3) is 0 Å². The van der Waals surface area contributed by atoms with E-state index in [0.29, 0.717) is 18.2 Å². The Balaban J connectivity index is 0.000000595. The van der Waals surface area contributed by atoms with Crippen molar-refractivity contribution in [2.24, 2.45) is 0 Å². The second-order valence-corrected chi connectivity index (χ2v) is 5.96. The van der Waals surface area contributed by atoms with E-state index in [0.717, 1.165) is 22.9 Å². The summed E-state index contributed by atoms with van der Waals surface area (Å²) in [6, 6.07) is 12.0. The molecule has 1 aromatic heterocycles. The number of benzene rings is 1. The van der Waals surface area contributed by atoms with Crippen molar-refractivity contribution in [1.82, 2.24) is 9.88 Å². The van der Waals surface area contributed by atoms with Crippen LogP contribution in [0.2, 0.25) is 0 Å². The number of hydrogen-bond donors (Lipinski definition) is 1. The van der Waals surface area contributed by atoms with Crippen LogP contribution in [0.5, 0.6) is 0 Å². The van der Waals surface area contributed by atoms with Gasteiger partial charge in [-0.15, -0.1) is 0 Å². The van der Waals surface area contributed by atoms with E-state index in [1.165, 1.54) is 0 Å². The molecule has 3 rings (SSSR count). The Bertz CT molecular complexity index is 660. The second kappa shape index (κ2) is 8.43. The van der Waals surface area contributed by atoms with Crippen molar-refractivity contribution in [3.8, 4) is 0 Å². The molecule has 0 bridgehead atoms. The average Bonchev–Trinajstić information content (AvgIpc) is 3.40. The summed E-state index contributed by atoms with van der Waals surface area (Å²) in [6.07, 6.45) is 5.51. The fraction of sp³-hybridized carbons (Fsp3) is 0.235. The normalized spacial score (nSPS) is 12.7. The highest BCUT2D eigenvalue weighted by atomic mass is 79.9. The van der Waals surface area contributed by atoms with Crippen molar-refractivity contribution in [3.63, 3.8) is 0 Å². The van der Waals surface area contributed by atoms with E-state index in [4.69, 9.17) is 9.90 Å². The van der Waals surface area contributed by atoms with Crippen LogP contribution < -0.4 is 0 Å². The first-order valence-corrected chi connectivity index (χ1v) is 7.99. The fourth-order valence-corrected chi connectivity index (χ4v) is 2.63. The van der Waals surface area contributed by atoms with Crippen molar-refractivity contribution < 1.29 is 14.7 Å². The highest BCUT2D eigenvalue weighted by Gasteiger charge is 2.33. The largest absolute Gasteiger partial charge is 0.483 e. The third-order valence-corrected chi connectivity index (χ3v) is 4.23. The lowest BCUT2D eigenvalue weighted by molar-refractivity contribution is -0.122. The number of carbonyl (C=O) groups is 2. The summed E-state index contributed by atoms with van der Waals surface area (Å²) in [5, 5.41) is 6.89. The van der Waals surface area contributed by atoms with Crippen molar-refractivity contribution in [3.05, 3.63) is 64.4 Å². The average molecular weight is 377 g/mol. The molecule has 1 aliphatic rings. The molecule has 0 unspecified atom stereocenters. The van der Waals surface area contributed by atoms with E-state index in [2.05, 4.69) is 27.0 Å². The molecule has 0 atom stereocenters. The SMILES string of the molecule is O=C(c1cccnc1)N(Cc1ccccc1Br)C1CC1.O=CO. The van der Waals surface area contributed by atoms with Crippen molar-refractivity contribution in [2.75, 3.05) is 0 Å². The molecule has 5 nitrogen and oxygen atoms in total. The Morgan fingerprint density at radius 2 is 2.00 bits per heavy atom. The summed E-state index contributed by atoms with van der Waals surface area (Å²) in [5.74, 6) is 0.0661. The molecule has 1 aromatic carbocycles. The van der Waals surface area contributed by atoms with Crippen LogP contribution >= 0.6 is 15.9 Å². The zero-order valence-corrected chi connectivity index (χ0v) is 14.0. The minimum absolute atomic E-state index is 0.0661. The van der Waals surface area contributed by atoms with E-state index < -0.39 is 0 Å². The summed E-state index contributed by atoms with van der Waals surface area (Å²) in [7, 11) is 0. The Hall–Kier alpha value is -2.21. The van der Waals surface area contributed by atoms with Crippen molar-refractivity contribution >= 4 is 28.3 Å². The highest BCUT2D eigenvalue weighted by molar-refractivity contribution is 9.10. The van der Waals surface area contributed by atoms with Crippen LogP contribution in [0, 0.1) is 0 Å². The monoisotopic (exact) mass is 376 g/mol. The molecule has 6 heteroatoms. The van der Waals surface area contributed by atoms with Gasteiger partial charge in [0.05, 0.1) is 5.56 Å². The minimum atomic E-state index is -0.250. The number of pyridine rings is 1. The summed E-state index contributed by atoms with van der Waals surface area (Å²) in [5.41, 5.74) is 1.79. The highest BCUT2D eigenvalue weighted by Crippen LogP contribution is 2.31. The van der Waals surface area contributed by atoms with Gasteiger partial charge in [0.15, 0.2) is 0 Å². The number of nitrogens with zero attached hydrogens (tertiary/aromatic N) is 2. The van der Waals surface area contributed by atoms with E-state index in [-0.39, 0.29) is 12.4 Å². The maximum Gasteiger partial charge on any atom is 0.290 e. The van der Waals surface area contributed by atoms with Crippen LogP contribution in [0.1, 0.15) is 28.8 Å². The van der Waals surface area contributed by atoms with E-state index in [1.54, 1.807) is 18.5 Å². The zero-order chi connectivity index (χ0) is 16.7. The van der Waals surface area contributed by atoms with Gasteiger partial charge in [0, 0.05) is 29.5 Å². The van der Waals surface area contributed by atoms with Crippen molar-refractivity contribution in [1.29, 1.82) is 0 Å². The molecule has 0 radical (unpaired) electrons. The van der Waals surface area contributed by atoms with Gasteiger partial charge in [0.1, 0.15) is 0 Å². The van der Waals surface area contributed by atoms with Gasteiger partial charge in [-0.05, 0) is 36.6 Å². The molecule has 1 amide bonds. The molecule has 23 heavy (non-hydrogen) atoms. The lowest BCUT2D eigenvalue weighted by atomic mass is 10.2. The standard InChI is InChI=1S/C16H15BrN2O.CH2O2/c17-15-6-2-1-4-13(15)11-19(14-7-8-14)16(20)12-5-3-9-18-10-12;2-1-3/h1-6,9-10,14H,7-8,11H2;1H,(H,2,3). The third-order valence-electron chi connectivity index (χ3n) is 3.46. The molecule has 120 valence electrons. The Morgan fingerprint density at radius 1 is 1.30 bits per heavy atom. The van der Waals surface area contributed by atoms with Gasteiger partial charge in [-0.2, -0.15) is 0 Å². The maximum atomic E-state index is 12.6. The summed E-state index contributed by atoms with van der Waals surface area (Å²) in [4.78, 5) is 27.0. The second-order valence-electron chi connectivity index (χ2n) is 5.10. The van der Waals surface area contributed by atoms with Crippen LogP contribution in [0.4, 0.5) is 0 Å². The summed E-state index contributed by atoms with van der Waals surface area (Å²) < 4.78 is 1.05. The van der Waals surface area contributed by atoms with Crippen LogP contribution in [0.3, 0.4) is 0 Å². The van der Waals surface area contributed by atoms with Gasteiger partial charge in [-0.1, -0.05) is 34.1 Å². The van der Waals surface area contributed by atoms with Gasteiger partial charge in [-0.25, -0.2) is 0 Å². The molecule has 1 aliphatic carbocycles. The lowest BCUT2D eigenvalue weighted by Crippen LogP contribution is -2.32. The molecule has 0 aliphatic heterocycles. The van der Waals surface area contributed by atoms with E-state index >= 15 is 0 Å². The van der Waals surface area contributed by atoms with Gasteiger partial charge in [0.25, 0.3) is 12.4 Å². The topological polar surface area (TPSA) is 70.5 Å². The molecular weight excluding hydrogens is 360 g/mol. The smallest absolute Gasteiger partial charge is 0.290 e. The zero-order valence-electron chi connectivity index (χ0n) is 12.4. The molecule has 1 fully saturated rings. The molecule has 0 spiro atoms. The fourth-order valence-electron chi connectivity index (χ4n) is 2.22. The molecule has 1 saturated carbocycles. The Labute approximate surface area is 143 Å². The number of amides is 1. The number of halogens is 1. The van der Waals surface area contributed by atoms with Crippen LogP contribution in [0.15, 0.2) is 53.3 Å². The Morgan fingerprint density at radius 3 is 2.57 bits per heavy atom. The third kappa shape index (κ3) is 4.89. The number of aromatic nitrogens is 1. The summed E-state index contributed by atoms with van der Waals surface area (Å²) >= 11 is 3.55. The maximum absolute atomic E-state index is 12.6.